The minimum absolute atomic E-state index is 0.103. The lowest BCUT2D eigenvalue weighted by molar-refractivity contribution is -0.384. The van der Waals surface area contributed by atoms with E-state index < -0.39 is 28.4 Å². The Labute approximate surface area is 195 Å². The van der Waals surface area contributed by atoms with Gasteiger partial charge in [-0.2, -0.15) is 0 Å². The Kier molecular flexibility index (Phi) is 6.14. The number of benzene rings is 3. The molecule has 0 aliphatic carbocycles. The number of carbonyl (C=O) groups is 2. The number of aliphatic hydroxyl groups is 1. The van der Waals surface area contributed by atoms with Gasteiger partial charge in [-0.1, -0.05) is 24.3 Å². The van der Waals surface area contributed by atoms with Crippen LogP contribution in [-0.2, 0) is 9.59 Å². The first-order valence-electron chi connectivity index (χ1n) is 10.7. The SMILES string of the molecule is CCOc1cccc(C2/C(=C(\O)c3ccc([N+](=O)[O-])cc3)C(=O)C(=O)N2c2cccc(C)c2)c1. The van der Waals surface area contributed by atoms with E-state index in [1.807, 2.05) is 19.9 Å². The Morgan fingerprint density at radius 3 is 2.41 bits per heavy atom. The highest BCUT2D eigenvalue weighted by Gasteiger charge is 2.47. The molecule has 3 aromatic carbocycles. The molecule has 0 bridgehead atoms. The minimum atomic E-state index is -0.919. The number of carbonyl (C=O) groups excluding carboxylic acids is 2. The predicted molar refractivity (Wildman–Crippen MR) is 127 cm³/mol. The summed E-state index contributed by atoms with van der Waals surface area (Å²) in [6.07, 6.45) is 0. The van der Waals surface area contributed by atoms with Crippen molar-refractivity contribution in [1.82, 2.24) is 0 Å². The number of Topliss-reactive ketones (excluding diaryl/α,β-unsaturated/α-hetero) is 1. The second kappa shape index (κ2) is 9.19. The third-order valence-electron chi connectivity index (χ3n) is 5.56. The molecule has 1 unspecified atom stereocenters. The maximum Gasteiger partial charge on any atom is 0.300 e. The van der Waals surface area contributed by atoms with Crippen LogP contribution in [0.25, 0.3) is 5.76 Å². The van der Waals surface area contributed by atoms with Crippen molar-refractivity contribution < 1.29 is 24.4 Å². The fourth-order valence-electron chi connectivity index (χ4n) is 4.03. The molecule has 0 spiro atoms. The zero-order valence-corrected chi connectivity index (χ0v) is 18.6. The van der Waals surface area contributed by atoms with Crippen LogP contribution in [0, 0.1) is 17.0 Å². The van der Waals surface area contributed by atoms with Crippen LogP contribution in [0.2, 0.25) is 0 Å². The molecule has 0 aromatic heterocycles. The number of non-ortho nitro benzene ring substituents is 1. The summed E-state index contributed by atoms with van der Waals surface area (Å²) in [7, 11) is 0. The largest absolute Gasteiger partial charge is 0.507 e. The molecule has 0 saturated carbocycles. The van der Waals surface area contributed by atoms with E-state index in [4.69, 9.17) is 4.74 Å². The molecule has 34 heavy (non-hydrogen) atoms. The van der Waals surface area contributed by atoms with Crippen molar-refractivity contribution in [1.29, 1.82) is 0 Å². The summed E-state index contributed by atoms with van der Waals surface area (Å²) in [4.78, 5) is 38.2. The Morgan fingerprint density at radius 1 is 1.06 bits per heavy atom. The number of ether oxygens (including phenoxy) is 1. The summed E-state index contributed by atoms with van der Waals surface area (Å²) >= 11 is 0. The first-order chi connectivity index (χ1) is 16.3. The number of ketones is 1. The van der Waals surface area contributed by atoms with Gasteiger partial charge in [0.2, 0.25) is 0 Å². The van der Waals surface area contributed by atoms with E-state index >= 15 is 0 Å². The van der Waals surface area contributed by atoms with Gasteiger partial charge in [0.15, 0.2) is 0 Å². The van der Waals surface area contributed by atoms with Gasteiger partial charge in [0.1, 0.15) is 11.5 Å². The van der Waals surface area contributed by atoms with Crippen molar-refractivity contribution in [2.75, 3.05) is 11.5 Å². The molecular formula is C26H22N2O6. The molecule has 172 valence electrons. The van der Waals surface area contributed by atoms with Gasteiger partial charge in [0, 0.05) is 23.4 Å². The topological polar surface area (TPSA) is 110 Å². The number of rotatable bonds is 6. The van der Waals surface area contributed by atoms with Crippen LogP contribution >= 0.6 is 0 Å². The molecule has 1 aliphatic rings. The first kappa shape index (κ1) is 22.7. The van der Waals surface area contributed by atoms with Crippen LogP contribution in [-0.4, -0.2) is 28.3 Å². The van der Waals surface area contributed by atoms with Gasteiger partial charge >= 0.3 is 0 Å². The lowest BCUT2D eigenvalue weighted by atomic mass is 9.95. The van der Waals surface area contributed by atoms with E-state index in [0.717, 1.165) is 5.56 Å². The van der Waals surface area contributed by atoms with E-state index in [1.165, 1.54) is 29.2 Å². The van der Waals surface area contributed by atoms with E-state index in [2.05, 4.69) is 0 Å². The third kappa shape index (κ3) is 4.13. The molecule has 1 fully saturated rings. The van der Waals surface area contributed by atoms with Crippen LogP contribution in [0.1, 0.15) is 29.7 Å². The minimum Gasteiger partial charge on any atom is -0.507 e. The zero-order chi connectivity index (χ0) is 24.4. The molecule has 1 heterocycles. The van der Waals surface area contributed by atoms with Gasteiger partial charge in [-0.05, 0) is 61.4 Å². The zero-order valence-electron chi connectivity index (χ0n) is 18.6. The van der Waals surface area contributed by atoms with Crippen molar-refractivity contribution in [3.8, 4) is 5.75 Å². The molecule has 1 N–H and O–H groups in total. The molecule has 8 nitrogen and oxygen atoms in total. The molecule has 3 aromatic rings. The number of amides is 1. The molecule has 1 amide bonds. The maximum absolute atomic E-state index is 13.2. The lowest BCUT2D eigenvalue weighted by Gasteiger charge is -2.26. The standard InChI is InChI=1S/C26H22N2O6/c1-3-34-21-9-5-7-18(15-21)23-22(24(29)17-10-12-19(13-11-17)28(32)33)25(30)26(31)27(23)20-8-4-6-16(2)14-20/h4-15,23,29H,3H2,1-2H3/b24-22+. The highest BCUT2D eigenvalue weighted by atomic mass is 16.6. The Balaban J connectivity index is 1.92. The van der Waals surface area contributed by atoms with E-state index in [0.29, 0.717) is 23.6 Å². The van der Waals surface area contributed by atoms with Gasteiger partial charge in [-0.3, -0.25) is 24.6 Å². The maximum atomic E-state index is 13.2. The van der Waals surface area contributed by atoms with Crippen molar-refractivity contribution in [2.45, 2.75) is 19.9 Å². The van der Waals surface area contributed by atoms with E-state index in [-0.39, 0.29) is 16.8 Å². The average molecular weight is 458 g/mol. The number of aliphatic hydroxyl groups excluding tert-OH is 1. The predicted octanol–water partition coefficient (Wildman–Crippen LogP) is 4.93. The van der Waals surface area contributed by atoms with Gasteiger partial charge in [-0.15, -0.1) is 0 Å². The Bertz CT molecular complexity index is 1310. The Morgan fingerprint density at radius 2 is 1.76 bits per heavy atom. The van der Waals surface area contributed by atoms with Crippen LogP contribution in [0.15, 0.2) is 78.4 Å². The lowest BCUT2D eigenvalue weighted by Crippen LogP contribution is -2.29. The molecule has 0 radical (unpaired) electrons. The molecule has 4 rings (SSSR count). The number of aryl methyl sites for hydroxylation is 1. The fourth-order valence-corrected chi connectivity index (χ4v) is 4.03. The van der Waals surface area contributed by atoms with E-state index in [9.17, 15) is 24.8 Å². The summed E-state index contributed by atoms with van der Waals surface area (Å²) in [5.41, 5.74) is 1.92. The second-order valence-corrected chi connectivity index (χ2v) is 7.82. The number of anilines is 1. The molecule has 1 atom stereocenters. The van der Waals surface area contributed by atoms with Gasteiger partial charge in [-0.25, -0.2) is 0 Å². The molecular weight excluding hydrogens is 436 g/mol. The summed E-state index contributed by atoms with van der Waals surface area (Å²) in [5.74, 6) is -1.47. The summed E-state index contributed by atoms with van der Waals surface area (Å²) in [6, 6.07) is 18.4. The normalized spacial score (nSPS) is 17.1. The number of nitro groups is 1. The van der Waals surface area contributed by atoms with Crippen molar-refractivity contribution in [3.05, 3.63) is 105 Å². The average Bonchev–Trinajstić information content (AvgIpc) is 3.09. The smallest absolute Gasteiger partial charge is 0.300 e. The van der Waals surface area contributed by atoms with Gasteiger partial charge in [0.05, 0.1) is 23.1 Å². The molecule has 8 heteroatoms. The van der Waals surface area contributed by atoms with Crippen LogP contribution in [0.5, 0.6) is 5.75 Å². The fraction of sp³-hybridized carbons (Fsp3) is 0.154. The van der Waals surface area contributed by atoms with Gasteiger partial charge in [0.25, 0.3) is 17.4 Å². The van der Waals surface area contributed by atoms with Crippen molar-refractivity contribution in [2.24, 2.45) is 0 Å². The molecule has 1 saturated heterocycles. The highest BCUT2D eigenvalue weighted by molar-refractivity contribution is 6.51. The van der Waals surface area contributed by atoms with Crippen molar-refractivity contribution in [3.63, 3.8) is 0 Å². The van der Waals surface area contributed by atoms with Crippen LogP contribution in [0.4, 0.5) is 11.4 Å². The summed E-state index contributed by atoms with van der Waals surface area (Å²) in [6.45, 7) is 4.16. The first-order valence-corrected chi connectivity index (χ1v) is 10.7. The van der Waals surface area contributed by atoms with E-state index in [1.54, 1.807) is 42.5 Å². The molecule has 1 aliphatic heterocycles. The monoisotopic (exact) mass is 458 g/mol. The third-order valence-corrected chi connectivity index (χ3v) is 5.56. The summed E-state index contributed by atoms with van der Waals surface area (Å²) in [5, 5.41) is 22.1. The summed E-state index contributed by atoms with van der Waals surface area (Å²) < 4.78 is 5.61. The number of hydrogen-bond donors (Lipinski definition) is 1. The quantitative estimate of drug-likeness (QED) is 0.184. The number of nitrogens with zero attached hydrogens (tertiary/aromatic N) is 2. The Hall–Kier alpha value is -4.46. The second-order valence-electron chi connectivity index (χ2n) is 7.82. The number of nitro benzene ring substituents is 1. The van der Waals surface area contributed by atoms with Crippen LogP contribution < -0.4 is 9.64 Å². The highest BCUT2D eigenvalue weighted by Crippen LogP contribution is 2.43. The number of hydrogen-bond acceptors (Lipinski definition) is 6. The van der Waals surface area contributed by atoms with Crippen LogP contribution in [0.3, 0.4) is 0 Å². The van der Waals surface area contributed by atoms with Gasteiger partial charge < -0.3 is 9.84 Å². The van der Waals surface area contributed by atoms with Crippen molar-refractivity contribution >= 4 is 28.8 Å².